The predicted octanol–water partition coefficient (Wildman–Crippen LogP) is 3.71. The highest BCUT2D eigenvalue weighted by atomic mass is 79.9. The molecule has 0 aromatic heterocycles. The molecule has 0 saturated carbocycles. The number of amides is 1. The Bertz CT molecular complexity index is 386. The van der Waals surface area contributed by atoms with E-state index < -0.39 is 17.3 Å². The summed E-state index contributed by atoms with van der Waals surface area (Å²) in [5.41, 5.74) is -0.395. The van der Waals surface area contributed by atoms with Gasteiger partial charge < -0.3 is 5.32 Å². The molecule has 16 heavy (non-hydrogen) atoms. The van der Waals surface area contributed by atoms with Gasteiger partial charge in [-0.15, -0.1) is 0 Å². The number of hydrogen-bond acceptors (Lipinski definition) is 1. The van der Waals surface area contributed by atoms with Crippen molar-refractivity contribution in [1.29, 1.82) is 0 Å². The Morgan fingerprint density at radius 3 is 2.38 bits per heavy atom. The van der Waals surface area contributed by atoms with Crippen molar-refractivity contribution in [2.24, 2.45) is 5.92 Å². The zero-order chi connectivity index (χ0) is 12.3. The van der Waals surface area contributed by atoms with Gasteiger partial charge in [0, 0.05) is 10.4 Å². The summed E-state index contributed by atoms with van der Waals surface area (Å²) in [7, 11) is 0. The topological polar surface area (TPSA) is 29.1 Å². The van der Waals surface area contributed by atoms with Crippen molar-refractivity contribution in [2.75, 3.05) is 5.32 Å². The van der Waals surface area contributed by atoms with Gasteiger partial charge in [0.15, 0.2) is 11.6 Å². The molecule has 88 valence electrons. The minimum absolute atomic E-state index is 0.276. The minimum atomic E-state index is -0.788. The third-order valence-corrected chi connectivity index (χ3v) is 2.77. The SMILES string of the molecule is CCC(C)C(=O)Nc1c(F)cc(Br)cc1F. The van der Waals surface area contributed by atoms with Crippen LogP contribution >= 0.6 is 15.9 Å². The number of halogens is 3. The fourth-order valence-electron chi connectivity index (χ4n) is 1.09. The Morgan fingerprint density at radius 1 is 1.44 bits per heavy atom. The summed E-state index contributed by atoms with van der Waals surface area (Å²) in [4.78, 5) is 11.5. The van der Waals surface area contributed by atoms with Crippen LogP contribution in [0, 0.1) is 17.6 Å². The van der Waals surface area contributed by atoms with E-state index in [0.29, 0.717) is 10.9 Å². The smallest absolute Gasteiger partial charge is 0.227 e. The molecule has 1 aromatic carbocycles. The van der Waals surface area contributed by atoms with Crippen LogP contribution in [0.1, 0.15) is 20.3 Å². The van der Waals surface area contributed by atoms with E-state index in [-0.39, 0.29) is 11.8 Å². The maximum Gasteiger partial charge on any atom is 0.227 e. The maximum atomic E-state index is 13.4. The van der Waals surface area contributed by atoms with E-state index in [0.717, 1.165) is 12.1 Å². The molecule has 1 amide bonds. The fraction of sp³-hybridized carbons (Fsp3) is 0.364. The summed E-state index contributed by atoms with van der Waals surface area (Å²) in [6.07, 6.45) is 0.617. The van der Waals surface area contributed by atoms with Crippen molar-refractivity contribution in [2.45, 2.75) is 20.3 Å². The summed E-state index contributed by atoms with van der Waals surface area (Å²) in [6, 6.07) is 2.21. The lowest BCUT2D eigenvalue weighted by atomic mass is 10.1. The first-order valence-corrected chi connectivity index (χ1v) is 5.70. The van der Waals surface area contributed by atoms with Crippen LogP contribution in [0.4, 0.5) is 14.5 Å². The molecule has 2 nitrogen and oxygen atoms in total. The van der Waals surface area contributed by atoms with E-state index in [9.17, 15) is 13.6 Å². The van der Waals surface area contributed by atoms with E-state index in [1.165, 1.54) is 0 Å². The summed E-state index contributed by atoms with van der Waals surface area (Å²) < 4.78 is 27.0. The van der Waals surface area contributed by atoms with E-state index in [1.54, 1.807) is 6.92 Å². The van der Waals surface area contributed by atoms with Gasteiger partial charge in [-0.25, -0.2) is 8.78 Å². The van der Waals surface area contributed by atoms with Crippen LogP contribution in [0.2, 0.25) is 0 Å². The lowest BCUT2D eigenvalue weighted by Gasteiger charge is -2.11. The molecule has 1 unspecified atom stereocenters. The largest absolute Gasteiger partial charge is 0.321 e. The third kappa shape index (κ3) is 3.01. The van der Waals surface area contributed by atoms with Crippen molar-refractivity contribution in [3.8, 4) is 0 Å². The molecule has 0 spiro atoms. The van der Waals surface area contributed by atoms with Crippen LogP contribution in [0.3, 0.4) is 0 Å². The van der Waals surface area contributed by atoms with Crippen molar-refractivity contribution in [1.82, 2.24) is 0 Å². The predicted molar refractivity (Wildman–Crippen MR) is 62.1 cm³/mol. The zero-order valence-corrected chi connectivity index (χ0v) is 10.6. The standard InChI is InChI=1S/C11H12BrF2NO/c1-3-6(2)11(16)15-10-8(13)4-7(12)5-9(10)14/h4-6H,3H2,1-2H3,(H,15,16). The maximum absolute atomic E-state index is 13.4. The average Bonchev–Trinajstić information content (AvgIpc) is 2.21. The summed E-state index contributed by atoms with van der Waals surface area (Å²) in [5.74, 6) is -2.24. The fourth-order valence-corrected chi connectivity index (χ4v) is 1.50. The van der Waals surface area contributed by atoms with Crippen molar-refractivity contribution in [3.05, 3.63) is 28.2 Å². The molecule has 0 fully saturated rings. The molecule has 0 aliphatic carbocycles. The molecular weight excluding hydrogens is 280 g/mol. The van der Waals surface area contributed by atoms with Crippen LogP contribution in [0.5, 0.6) is 0 Å². The van der Waals surface area contributed by atoms with Gasteiger partial charge >= 0.3 is 0 Å². The van der Waals surface area contributed by atoms with Gasteiger partial charge in [0.05, 0.1) is 0 Å². The average molecular weight is 292 g/mol. The van der Waals surface area contributed by atoms with Crippen LogP contribution in [-0.2, 0) is 4.79 Å². The van der Waals surface area contributed by atoms with Gasteiger partial charge in [0.1, 0.15) is 5.69 Å². The molecule has 0 heterocycles. The second-order valence-corrected chi connectivity index (χ2v) is 4.46. The van der Waals surface area contributed by atoms with Gasteiger partial charge in [-0.05, 0) is 18.6 Å². The van der Waals surface area contributed by atoms with E-state index in [1.807, 2.05) is 6.92 Å². The number of benzene rings is 1. The Labute approximate surface area is 101 Å². The molecule has 0 radical (unpaired) electrons. The number of hydrogen-bond donors (Lipinski definition) is 1. The van der Waals surface area contributed by atoms with Gasteiger partial charge in [0.2, 0.25) is 5.91 Å². The lowest BCUT2D eigenvalue weighted by Crippen LogP contribution is -2.21. The van der Waals surface area contributed by atoms with Gasteiger partial charge in [-0.1, -0.05) is 29.8 Å². The molecule has 5 heteroatoms. The molecule has 0 saturated heterocycles. The first kappa shape index (κ1) is 13.1. The molecule has 1 atom stereocenters. The second kappa shape index (κ2) is 5.39. The molecule has 0 aliphatic heterocycles. The normalized spacial score (nSPS) is 12.3. The van der Waals surface area contributed by atoms with Crippen molar-refractivity contribution >= 4 is 27.5 Å². The van der Waals surface area contributed by atoms with Crippen molar-refractivity contribution in [3.63, 3.8) is 0 Å². The molecule has 0 aliphatic rings. The van der Waals surface area contributed by atoms with Crippen LogP contribution in [0.25, 0.3) is 0 Å². The number of carbonyl (C=O) groups excluding carboxylic acids is 1. The van der Waals surface area contributed by atoms with E-state index in [2.05, 4.69) is 21.2 Å². The van der Waals surface area contributed by atoms with Gasteiger partial charge in [0.25, 0.3) is 0 Å². The number of nitrogens with one attached hydrogen (secondary N) is 1. The summed E-state index contributed by atoms with van der Waals surface area (Å²) in [5, 5.41) is 2.25. The van der Waals surface area contributed by atoms with Crippen LogP contribution in [0.15, 0.2) is 16.6 Å². The number of carbonyl (C=O) groups is 1. The molecule has 1 aromatic rings. The van der Waals surface area contributed by atoms with Crippen LogP contribution in [-0.4, -0.2) is 5.91 Å². The number of rotatable bonds is 3. The van der Waals surface area contributed by atoms with E-state index in [4.69, 9.17) is 0 Å². The first-order chi connectivity index (χ1) is 7.45. The lowest BCUT2D eigenvalue weighted by molar-refractivity contribution is -0.119. The monoisotopic (exact) mass is 291 g/mol. The molecule has 1 N–H and O–H groups in total. The third-order valence-electron chi connectivity index (χ3n) is 2.32. The van der Waals surface area contributed by atoms with E-state index >= 15 is 0 Å². The number of anilines is 1. The first-order valence-electron chi connectivity index (χ1n) is 4.91. The second-order valence-electron chi connectivity index (χ2n) is 3.54. The summed E-state index contributed by atoms with van der Waals surface area (Å²) in [6.45, 7) is 3.53. The molecular formula is C11H12BrF2NO. The van der Waals surface area contributed by atoms with Crippen molar-refractivity contribution < 1.29 is 13.6 Å². The van der Waals surface area contributed by atoms with Gasteiger partial charge in [-0.3, -0.25) is 4.79 Å². The van der Waals surface area contributed by atoms with Gasteiger partial charge in [-0.2, -0.15) is 0 Å². The van der Waals surface area contributed by atoms with Crippen LogP contribution < -0.4 is 5.32 Å². The Hall–Kier alpha value is -0.970. The highest BCUT2D eigenvalue weighted by molar-refractivity contribution is 9.10. The Balaban J connectivity index is 2.93. The quantitative estimate of drug-likeness (QED) is 0.904. The Kier molecular flexibility index (Phi) is 4.41. The molecule has 0 bridgehead atoms. The minimum Gasteiger partial charge on any atom is -0.321 e. The highest BCUT2D eigenvalue weighted by Gasteiger charge is 2.16. The summed E-state index contributed by atoms with van der Waals surface area (Å²) >= 11 is 2.96. The zero-order valence-electron chi connectivity index (χ0n) is 8.98. The molecule has 1 rings (SSSR count). The highest BCUT2D eigenvalue weighted by Crippen LogP contribution is 2.24. The Morgan fingerprint density at radius 2 is 1.94 bits per heavy atom.